The van der Waals surface area contributed by atoms with Crippen LogP contribution in [0.15, 0.2) is 67.3 Å². The zero-order valence-electron chi connectivity index (χ0n) is 19.3. The van der Waals surface area contributed by atoms with Crippen LogP contribution in [-0.2, 0) is 6.54 Å². The predicted octanol–water partition coefficient (Wildman–Crippen LogP) is 4.86. The fourth-order valence-corrected chi connectivity index (χ4v) is 4.58. The Morgan fingerprint density at radius 2 is 1.83 bits per heavy atom. The van der Waals surface area contributed by atoms with Gasteiger partial charge in [0, 0.05) is 43.9 Å². The van der Waals surface area contributed by atoms with Gasteiger partial charge >= 0.3 is 6.03 Å². The van der Waals surface area contributed by atoms with Gasteiger partial charge in [-0.05, 0) is 60.2 Å². The molecule has 0 saturated carbocycles. The lowest BCUT2D eigenvalue weighted by Crippen LogP contribution is -2.38. The maximum atomic E-state index is 14.0. The molecule has 0 aliphatic carbocycles. The average Bonchev–Trinajstić information content (AvgIpc) is 3.37. The molecule has 1 aromatic carbocycles. The highest BCUT2D eigenvalue weighted by Crippen LogP contribution is 2.30. The Morgan fingerprint density at radius 3 is 2.61 bits per heavy atom. The van der Waals surface area contributed by atoms with Crippen molar-refractivity contribution in [3.63, 3.8) is 0 Å². The molecule has 4 heterocycles. The molecule has 0 spiro atoms. The Bertz CT molecular complexity index is 1400. The summed E-state index contributed by atoms with van der Waals surface area (Å²) < 4.78 is 15.9. The number of likely N-dealkylation sites (tertiary alicyclic amines) is 1. The number of benzene rings is 1. The number of urea groups is 1. The fraction of sp³-hybridized carbons (Fsp3) is 0.231. The molecule has 2 N–H and O–H groups in total. The van der Waals surface area contributed by atoms with Gasteiger partial charge in [0.1, 0.15) is 10.8 Å². The number of hydrogen-bond donors (Lipinski definition) is 2. The van der Waals surface area contributed by atoms with Crippen LogP contribution >= 0.6 is 11.6 Å². The van der Waals surface area contributed by atoms with Crippen molar-refractivity contribution >= 4 is 34.9 Å². The SMILES string of the molecule is O=C(NCc1ccn2ccnc2c1)Nc1ccc(C2CCN(C(=O)c3cc(Cl)ncc3F)CC2)cc1. The lowest BCUT2D eigenvalue weighted by atomic mass is 9.89. The van der Waals surface area contributed by atoms with E-state index in [0.29, 0.717) is 25.3 Å². The molecule has 0 bridgehead atoms. The molecule has 10 heteroatoms. The maximum absolute atomic E-state index is 14.0. The minimum Gasteiger partial charge on any atom is -0.339 e. The normalized spacial score (nSPS) is 14.1. The van der Waals surface area contributed by atoms with Gasteiger partial charge in [0.05, 0.1) is 11.8 Å². The van der Waals surface area contributed by atoms with E-state index < -0.39 is 5.82 Å². The molecule has 1 aliphatic heterocycles. The van der Waals surface area contributed by atoms with E-state index in [9.17, 15) is 14.0 Å². The van der Waals surface area contributed by atoms with Gasteiger partial charge < -0.3 is 19.9 Å². The minimum atomic E-state index is -0.669. The fourth-order valence-electron chi connectivity index (χ4n) is 4.42. The van der Waals surface area contributed by atoms with Crippen LogP contribution in [0.4, 0.5) is 14.9 Å². The highest BCUT2D eigenvalue weighted by molar-refractivity contribution is 6.29. The number of carbonyl (C=O) groups excluding carboxylic acids is 2. The topological polar surface area (TPSA) is 91.6 Å². The second-order valence-corrected chi connectivity index (χ2v) is 9.10. The average molecular weight is 507 g/mol. The predicted molar refractivity (Wildman–Crippen MR) is 135 cm³/mol. The Balaban J connectivity index is 1.11. The van der Waals surface area contributed by atoms with E-state index in [1.165, 1.54) is 6.07 Å². The van der Waals surface area contributed by atoms with E-state index in [4.69, 9.17) is 11.6 Å². The summed E-state index contributed by atoms with van der Waals surface area (Å²) in [6.07, 6.45) is 8.00. The summed E-state index contributed by atoms with van der Waals surface area (Å²) in [5.41, 5.74) is 3.56. The molecule has 3 amide bonds. The molecule has 184 valence electrons. The number of piperidine rings is 1. The number of aromatic nitrogens is 3. The number of halogens is 2. The third kappa shape index (κ3) is 5.31. The number of fused-ring (bicyclic) bond motifs is 1. The standard InChI is InChI=1S/C26H24ClFN6O2/c27-23-14-21(22(28)16-30-23)25(35)34-10-6-19(7-11-34)18-1-3-20(4-2-18)32-26(36)31-15-17-5-9-33-12-8-29-24(33)13-17/h1-5,8-9,12-14,16,19H,6-7,10-11,15H2,(H2,31,32,36). The van der Waals surface area contributed by atoms with Gasteiger partial charge in [0.15, 0.2) is 5.82 Å². The summed E-state index contributed by atoms with van der Waals surface area (Å²) in [7, 11) is 0. The largest absolute Gasteiger partial charge is 0.339 e. The molecule has 3 aromatic heterocycles. The third-order valence-corrected chi connectivity index (χ3v) is 6.60. The van der Waals surface area contributed by atoms with Crippen LogP contribution < -0.4 is 10.6 Å². The number of carbonyl (C=O) groups is 2. The molecular formula is C26H24ClFN6O2. The number of rotatable bonds is 5. The van der Waals surface area contributed by atoms with Crippen LogP contribution in [0, 0.1) is 5.82 Å². The number of nitrogens with zero attached hydrogens (tertiary/aromatic N) is 4. The van der Waals surface area contributed by atoms with E-state index >= 15 is 0 Å². The molecule has 36 heavy (non-hydrogen) atoms. The summed E-state index contributed by atoms with van der Waals surface area (Å²) in [5, 5.41) is 5.80. The number of nitrogens with one attached hydrogen (secondary N) is 2. The first-order valence-electron chi connectivity index (χ1n) is 11.6. The first-order valence-corrected chi connectivity index (χ1v) is 12.0. The molecule has 0 radical (unpaired) electrons. The van der Waals surface area contributed by atoms with E-state index in [2.05, 4.69) is 20.6 Å². The summed E-state index contributed by atoms with van der Waals surface area (Å²) >= 11 is 5.83. The lowest BCUT2D eigenvalue weighted by molar-refractivity contribution is 0.0708. The molecule has 4 aromatic rings. The lowest BCUT2D eigenvalue weighted by Gasteiger charge is -2.32. The van der Waals surface area contributed by atoms with Crippen molar-refractivity contribution in [2.24, 2.45) is 0 Å². The number of pyridine rings is 2. The van der Waals surface area contributed by atoms with Crippen LogP contribution in [-0.4, -0.2) is 44.3 Å². The highest BCUT2D eigenvalue weighted by Gasteiger charge is 2.26. The number of amides is 3. The van der Waals surface area contributed by atoms with Crippen LogP contribution in [0.5, 0.6) is 0 Å². The first kappa shape index (κ1) is 23.7. The van der Waals surface area contributed by atoms with Crippen molar-refractivity contribution in [3.05, 3.63) is 94.9 Å². The summed E-state index contributed by atoms with van der Waals surface area (Å²) in [6.45, 7) is 1.44. The van der Waals surface area contributed by atoms with Gasteiger partial charge in [-0.15, -0.1) is 0 Å². The number of hydrogen-bond acceptors (Lipinski definition) is 4. The van der Waals surface area contributed by atoms with Crippen molar-refractivity contribution < 1.29 is 14.0 Å². The zero-order chi connectivity index (χ0) is 25.1. The van der Waals surface area contributed by atoms with Gasteiger partial charge in [-0.25, -0.2) is 19.2 Å². The number of anilines is 1. The van der Waals surface area contributed by atoms with Gasteiger partial charge in [-0.2, -0.15) is 0 Å². The van der Waals surface area contributed by atoms with Crippen molar-refractivity contribution in [1.82, 2.24) is 24.6 Å². The van der Waals surface area contributed by atoms with Crippen LogP contribution in [0.1, 0.15) is 40.2 Å². The first-order chi connectivity index (χ1) is 17.5. The van der Waals surface area contributed by atoms with Gasteiger partial charge in [-0.1, -0.05) is 23.7 Å². The zero-order valence-corrected chi connectivity index (χ0v) is 20.1. The molecule has 0 atom stereocenters. The number of imidazole rings is 1. The van der Waals surface area contributed by atoms with E-state index in [1.807, 2.05) is 53.2 Å². The monoisotopic (exact) mass is 506 g/mol. The Morgan fingerprint density at radius 1 is 1.06 bits per heavy atom. The van der Waals surface area contributed by atoms with Gasteiger partial charge in [0.2, 0.25) is 0 Å². The molecule has 1 aliphatic rings. The smallest absolute Gasteiger partial charge is 0.319 e. The molecule has 1 saturated heterocycles. The summed E-state index contributed by atoms with van der Waals surface area (Å²) in [5.74, 6) is -0.761. The van der Waals surface area contributed by atoms with E-state index in [0.717, 1.165) is 35.8 Å². The molecule has 1 fully saturated rings. The van der Waals surface area contributed by atoms with E-state index in [-0.39, 0.29) is 28.6 Å². The van der Waals surface area contributed by atoms with Crippen molar-refractivity contribution in [1.29, 1.82) is 0 Å². The Labute approximate surface area is 212 Å². The van der Waals surface area contributed by atoms with Gasteiger partial charge in [-0.3, -0.25) is 4.79 Å². The van der Waals surface area contributed by atoms with Crippen LogP contribution in [0.25, 0.3) is 5.65 Å². The maximum Gasteiger partial charge on any atom is 0.319 e. The van der Waals surface area contributed by atoms with Gasteiger partial charge in [0.25, 0.3) is 5.91 Å². The summed E-state index contributed by atoms with van der Waals surface area (Å²) in [6, 6.07) is 12.6. The Kier molecular flexibility index (Phi) is 6.81. The van der Waals surface area contributed by atoms with Crippen molar-refractivity contribution in [2.45, 2.75) is 25.3 Å². The molecular weight excluding hydrogens is 483 g/mol. The van der Waals surface area contributed by atoms with Crippen molar-refractivity contribution in [2.75, 3.05) is 18.4 Å². The highest BCUT2D eigenvalue weighted by atomic mass is 35.5. The quantitative estimate of drug-likeness (QED) is 0.378. The molecule has 0 unspecified atom stereocenters. The molecule has 8 nitrogen and oxygen atoms in total. The van der Waals surface area contributed by atoms with Crippen molar-refractivity contribution in [3.8, 4) is 0 Å². The van der Waals surface area contributed by atoms with Crippen LogP contribution in [0.3, 0.4) is 0 Å². The summed E-state index contributed by atoms with van der Waals surface area (Å²) in [4.78, 5) is 34.6. The third-order valence-electron chi connectivity index (χ3n) is 6.39. The minimum absolute atomic E-state index is 0.0516. The van der Waals surface area contributed by atoms with Crippen LogP contribution in [0.2, 0.25) is 5.15 Å². The molecule has 5 rings (SSSR count). The van der Waals surface area contributed by atoms with E-state index in [1.54, 1.807) is 11.1 Å². The Hall–Kier alpha value is -3.98. The second kappa shape index (κ2) is 10.3. The second-order valence-electron chi connectivity index (χ2n) is 8.71.